The van der Waals surface area contributed by atoms with E-state index < -0.39 is 5.97 Å². The van der Waals surface area contributed by atoms with Crippen LogP contribution < -0.4 is 0 Å². The van der Waals surface area contributed by atoms with Crippen LogP contribution in [0.15, 0.2) is 42.5 Å². The number of Topliss-reactive ketones (excluding diaryl/α,β-unsaturated/α-hetero) is 2. The highest BCUT2D eigenvalue weighted by molar-refractivity contribution is 5.83. The minimum atomic E-state index is -0.994. The predicted octanol–water partition coefficient (Wildman–Crippen LogP) is 3.61. The van der Waals surface area contributed by atoms with Crippen LogP contribution in [0.3, 0.4) is 0 Å². The number of carboxylic acid groups (broad SMARTS) is 1. The average Bonchev–Trinajstić information content (AvgIpc) is 2.65. The normalized spacial score (nSPS) is 20.1. The molecule has 0 amide bonds. The highest BCUT2D eigenvalue weighted by atomic mass is 16.5. The number of aliphatic carboxylic acids is 1. The van der Waals surface area contributed by atoms with Crippen LogP contribution in [0, 0.1) is 11.8 Å². The predicted molar refractivity (Wildman–Crippen MR) is 102 cm³/mol. The zero-order valence-corrected chi connectivity index (χ0v) is 15.6. The molecule has 1 aliphatic rings. The molecule has 0 radical (unpaired) electrons. The number of allylic oxidation sites excluding steroid dienone is 1. The number of carboxylic acids is 1. The highest BCUT2D eigenvalue weighted by Gasteiger charge is 2.30. The molecule has 1 aromatic carbocycles. The van der Waals surface area contributed by atoms with Crippen LogP contribution in [0.25, 0.3) is 0 Å². The smallest absolute Gasteiger partial charge is 0.329 e. The molecule has 1 N–H and O–H groups in total. The van der Waals surface area contributed by atoms with Crippen LogP contribution in [0.4, 0.5) is 0 Å². The molecular formula is C22H28O5. The van der Waals surface area contributed by atoms with Gasteiger partial charge in [-0.25, -0.2) is 4.79 Å². The molecule has 1 aliphatic carbocycles. The molecule has 1 aromatic rings. The Balaban J connectivity index is 1.78. The number of carbonyl (C=O) groups is 3. The first kappa shape index (κ1) is 21.0. The van der Waals surface area contributed by atoms with Gasteiger partial charge in [0.05, 0.1) is 6.61 Å². The maximum atomic E-state index is 12.3. The van der Waals surface area contributed by atoms with Gasteiger partial charge in [-0.1, -0.05) is 42.5 Å². The summed E-state index contributed by atoms with van der Waals surface area (Å²) in [5.41, 5.74) is 1.03. The summed E-state index contributed by atoms with van der Waals surface area (Å²) in [6, 6.07) is 9.73. The quantitative estimate of drug-likeness (QED) is 0.474. The van der Waals surface area contributed by atoms with E-state index in [2.05, 4.69) is 0 Å². The van der Waals surface area contributed by atoms with Gasteiger partial charge in [-0.05, 0) is 37.2 Å². The van der Waals surface area contributed by atoms with Crippen molar-refractivity contribution in [2.45, 2.75) is 44.9 Å². The third-order valence-corrected chi connectivity index (χ3v) is 5.02. The van der Waals surface area contributed by atoms with Gasteiger partial charge in [0.15, 0.2) is 0 Å². The van der Waals surface area contributed by atoms with E-state index in [-0.39, 0.29) is 36.6 Å². The Bertz CT molecular complexity index is 650. The van der Waals surface area contributed by atoms with E-state index >= 15 is 0 Å². The molecule has 0 aromatic heterocycles. The topological polar surface area (TPSA) is 80.7 Å². The summed E-state index contributed by atoms with van der Waals surface area (Å²) in [5.74, 6) is -0.297. The molecule has 2 rings (SSSR count). The lowest BCUT2D eigenvalue weighted by Gasteiger charge is -2.29. The molecule has 0 bridgehead atoms. The van der Waals surface area contributed by atoms with Gasteiger partial charge in [-0.15, -0.1) is 0 Å². The highest BCUT2D eigenvalue weighted by Crippen LogP contribution is 2.33. The summed E-state index contributed by atoms with van der Waals surface area (Å²) >= 11 is 0. The molecule has 1 unspecified atom stereocenters. The number of hydrogen-bond donors (Lipinski definition) is 1. The number of ketones is 2. The molecule has 0 spiro atoms. The Morgan fingerprint density at radius 1 is 1.19 bits per heavy atom. The Kier molecular flexibility index (Phi) is 8.92. The summed E-state index contributed by atoms with van der Waals surface area (Å²) < 4.78 is 4.96. The number of rotatable bonds is 11. The molecule has 0 heterocycles. The van der Waals surface area contributed by atoms with Crippen LogP contribution in [-0.4, -0.2) is 35.9 Å². The van der Waals surface area contributed by atoms with Crippen molar-refractivity contribution in [3.8, 4) is 0 Å². The Labute approximate surface area is 160 Å². The monoisotopic (exact) mass is 372 g/mol. The van der Waals surface area contributed by atoms with Crippen LogP contribution >= 0.6 is 0 Å². The van der Waals surface area contributed by atoms with Gasteiger partial charge in [0.25, 0.3) is 0 Å². The van der Waals surface area contributed by atoms with Crippen molar-refractivity contribution >= 4 is 17.5 Å². The minimum Gasteiger partial charge on any atom is -0.480 e. The maximum Gasteiger partial charge on any atom is 0.329 e. The van der Waals surface area contributed by atoms with Crippen molar-refractivity contribution in [3.63, 3.8) is 0 Å². The molecule has 5 nitrogen and oxygen atoms in total. The zero-order valence-electron chi connectivity index (χ0n) is 15.6. The van der Waals surface area contributed by atoms with Crippen molar-refractivity contribution in [1.29, 1.82) is 0 Å². The lowest BCUT2D eigenvalue weighted by molar-refractivity contribution is -0.141. The number of ether oxygens (including phenoxy) is 1. The number of benzene rings is 1. The third-order valence-electron chi connectivity index (χ3n) is 5.02. The van der Waals surface area contributed by atoms with E-state index in [4.69, 9.17) is 9.84 Å². The number of hydrogen-bond acceptors (Lipinski definition) is 4. The lowest BCUT2D eigenvalue weighted by atomic mass is 9.74. The molecule has 146 valence electrons. The van der Waals surface area contributed by atoms with Gasteiger partial charge in [-0.2, -0.15) is 0 Å². The van der Waals surface area contributed by atoms with Gasteiger partial charge in [0.1, 0.15) is 18.2 Å². The summed E-state index contributed by atoms with van der Waals surface area (Å²) in [6.45, 7) is -0.0910. The zero-order chi connectivity index (χ0) is 19.5. The fourth-order valence-corrected chi connectivity index (χ4v) is 3.64. The first-order valence-corrected chi connectivity index (χ1v) is 9.59. The Hall–Kier alpha value is -2.27. The second-order valence-corrected chi connectivity index (χ2v) is 7.08. The fourth-order valence-electron chi connectivity index (χ4n) is 3.64. The molecule has 5 heteroatoms. The van der Waals surface area contributed by atoms with Crippen molar-refractivity contribution < 1.29 is 24.2 Å². The van der Waals surface area contributed by atoms with E-state index in [9.17, 15) is 14.4 Å². The van der Waals surface area contributed by atoms with Crippen LogP contribution in [0.2, 0.25) is 0 Å². The second-order valence-electron chi connectivity index (χ2n) is 7.08. The van der Waals surface area contributed by atoms with Gasteiger partial charge in [0, 0.05) is 25.2 Å². The molecule has 0 saturated heterocycles. The molecule has 0 aliphatic heterocycles. The Morgan fingerprint density at radius 3 is 2.70 bits per heavy atom. The lowest BCUT2D eigenvalue weighted by Crippen LogP contribution is -2.28. The van der Waals surface area contributed by atoms with E-state index in [1.54, 1.807) is 6.08 Å². The van der Waals surface area contributed by atoms with Crippen molar-refractivity contribution in [3.05, 3.63) is 48.0 Å². The summed E-state index contributed by atoms with van der Waals surface area (Å²) in [7, 11) is 0. The molecular weight excluding hydrogens is 344 g/mol. The molecule has 2 atom stereocenters. The molecule has 27 heavy (non-hydrogen) atoms. The van der Waals surface area contributed by atoms with Crippen molar-refractivity contribution in [2.75, 3.05) is 13.2 Å². The van der Waals surface area contributed by atoms with Crippen LogP contribution in [0.1, 0.15) is 44.1 Å². The maximum absolute atomic E-state index is 12.3. The summed E-state index contributed by atoms with van der Waals surface area (Å²) in [4.78, 5) is 35.0. The van der Waals surface area contributed by atoms with Gasteiger partial charge in [-0.3, -0.25) is 9.59 Å². The molecule has 1 fully saturated rings. The fraction of sp³-hybridized carbons (Fsp3) is 0.500. The van der Waals surface area contributed by atoms with Crippen LogP contribution in [-0.2, 0) is 25.5 Å². The largest absolute Gasteiger partial charge is 0.480 e. The van der Waals surface area contributed by atoms with Crippen molar-refractivity contribution in [1.82, 2.24) is 0 Å². The Morgan fingerprint density at radius 2 is 1.96 bits per heavy atom. The number of carbonyl (C=O) groups excluding carboxylic acids is 2. The average molecular weight is 372 g/mol. The third kappa shape index (κ3) is 7.87. The van der Waals surface area contributed by atoms with Gasteiger partial charge >= 0.3 is 5.97 Å². The first-order valence-electron chi connectivity index (χ1n) is 9.59. The van der Waals surface area contributed by atoms with Gasteiger partial charge in [0.2, 0.25) is 0 Å². The standard InChI is InChI=1S/C22H28O5/c23-19(15-17-7-2-1-3-8-17)13-12-18-9-6-11-21(24)20(18)10-4-5-14-27-16-22(25)26/h1-5,7-8,18,20H,6,9-16H2,(H,25,26)/b5-4-/t18-,20?/m1/s1. The summed E-state index contributed by atoms with van der Waals surface area (Å²) in [5, 5.41) is 8.52. The van der Waals surface area contributed by atoms with Crippen LogP contribution in [0.5, 0.6) is 0 Å². The second kappa shape index (κ2) is 11.4. The minimum absolute atomic E-state index is 0.0426. The van der Waals surface area contributed by atoms with Crippen molar-refractivity contribution in [2.24, 2.45) is 11.8 Å². The SMILES string of the molecule is O=C(O)COC/C=C\CC1C(=O)CCC[C@@H]1CCC(=O)Cc1ccccc1. The van der Waals surface area contributed by atoms with E-state index in [0.29, 0.717) is 25.7 Å². The van der Waals surface area contributed by atoms with E-state index in [1.807, 2.05) is 36.4 Å². The van der Waals surface area contributed by atoms with E-state index in [0.717, 1.165) is 24.8 Å². The molecule has 1 saturated carbocycles. The first-order chi connectivity index (χ1) is 13.1. The van der Waals surface area contributed by atoms with Gasteiger partial charge < -0.3 is 9.84 Å². The van der Waals surface area contributed by atoms with E-state index in [1.165, 1.54) is 0 Å². The summed E-state index contributed by atoms with van der Waals surface area (Å²) in [6.07, 6.45) is 8.51.